The normalized spacial score (nSPS) is 19.5. The molecule has 0 saturated heterocycles. The number of hydrogen-bond acceptors (Lipinski definition) is 4. The molecule has 15 heavy (non-hydrogen) atoms. The number of nitrogens with zero attached hydrogens (tertiary/aromatic N) is 1. The molecule has 3 N–H and O–H groups in total. The van der Waals surface area contributed by atoms with Crippen LogP contribution in [0.3, 0.4) is 0 Å². The van der Waals surface area contributed by atoms with E-state index >= 15 is 0 Å². The molecule has 1 aliphatic rings. The Kier molecular flexibility index (Phi) is 2.76. The van der Waals surface area contributed by atoms with E-state index in [4.69, 9.17) is 0 Å². The summed E-state index contributed by atoms with van der Waals surface area (Å²) in [5.41, 5.74) is 1.04. The van der Waals surface area contributed by atoms with Crippen LogP contribution < -0.4 is 10.6 Å². The van der Waals surface area contributed by atoms with Gasteiger partial charge in [-0.25, -0.2) is 0 Å². The molecule has 0 amide bonds. The highest BCUT2D eigenvalue weighted by Crippen LogP contribution is 2.10. The van der Waals surface area contributed by atoms with E-state index in [-0.39, 0.29) is 0 Å². The van der Waals surface area contributed by atoms with Crippen LogP contribution in [0, 0.1) is 0 Å². The highest BCUT2D eigenvalue weighted by Gasteiger charge is 2.11. The van der Waals surface area contributed by atoms with Gasteiger partial charge >= 0.3 is 0 Å². The van der Waals surface area contributed by atoms with Crippen molar-refractivity contribution >= 4 is 5.96 Å². The van der Waals surface area contributed by atoms with Crippen LogP contribution in [-0.4, -0.2) is 23.7 Å². The fourth-order valence-corrected chi connectivity index (χ4v) is 1.51. The molecule has 1 aromatic carbocycles. The molecular formula is C11H15N3O. The Hall–Kier alpha value is -1.71. The molecule has 1 unspecified atom stereocenters. The van der Waals surface area contributed by atoms with Crippen LogP contribution >= 0.6 is 0 Å². The SMILES string of the molecule is CC1CN=C(NCc2cccc(O)c2)N1. The van der Waals surface area contributed by atoms with Crippen LogP contribution in [0.5, 0.6) is 5.75 Å². The van der Waals surface area contributed by atoms with Crippen molar-refractivity contribution in [1.82, 2.24) is 10.6 Å². The fourth-order valence-electron chi connectivity index (χ4n) is 1.51. The smallest absolute Gasteiger partial charge is 0.191 e. The molecule has 1 heterocycles. The number of aromatic hydroxyl groups is 1. The van der Waals surface area contributed by atoms with E-state index in [0.29, 0.717) is 18.3 Å². The summed E-state index contributed by atoms with van der Waals surface area (Å²) >= 11 is 0. The van der Waals surface area contributed by atoms with Gasteiger partial charge in [-0.3, -0.25) is 4.99 Å². The lowest BCUT2D eigenvalue weighted by Crippen LogP contribution is -2.37. The lowest BCUT2D eigenvalue weighted by Gasteiger charge is -2.08. The van der Waals surface area contributed by atoms with Gasteiger partial charge in [0.05, 0.1) is 6.54 Å². The zero-order valence-electron chi connectivity index (χ0n) is 8.70. The summed E-state index contributed by atoms with van der Waals surface area (Å²) in [6, 6.07) is 7.62. The second-order valence-corrected chi connectivity index (χ2v) is 3.76. The number of phenolic OH excluding ortho intramolecular Hbond substituents is 1. The summed E-state index contributed by atoms with van der Waals surface area (Å²) in [4.78, 5) is 4.29. The Labute approximate surface area is 89.0 Å². The Morgan fingerprint density at radius 1 is 1.60 bits per heavy atom. The number of rotatable bonds is 2. The van der Waals surface area contributed by atoms with Gasteiger partial charge in [-0.1, -0.05) is 12.1 Å². The molecule has 4 heteroatoms. The van der Waals surface area contributed by atoms with Gasteiger partial charge in [0.2, 0.25) is 0 Å². The Morgan fingerprint density at radius 2 is 2.47 bits per heavy atom. The minimum Gasteiger partial charge on any atom is -0.508 e. The largest absolute Gasteiger partial charge is 0.508 e. The number of nitrogens with one attached hydrogen (secondary N) is 2. The minimum absolute atomic E-state index is 0.295. The molecule has 0 aliphatic carbocycles. The van der Waals surface area contributed by atoms with Gasteiger partial charge in [0.15, 0.2) is 5.96 Å². The van der Waals surface area contributed by atoms with Crippen LogP contribution in [0.25, 0.3) is 0 Å². The molecule has 0 aromatic heterocycles. The number of benzene rings is 1. The molecule has 2 rings (SSSR count). The van der Waals surface area contributed by atoms with E-state index in [2.05, 4.69) is 22.5 Å². The fraction of sp³-hybridized carbons (Fsp3) is 0.364. The highest BCUT2D eigenvalue weighted by atomic mass is 16.3. The number of hydrogen-bond donors (Lipinski definition) is 3. The zero-order valence-corrected chi connectivity index (χ0v) is 8.70. The third kappa shape index (κ3) is 2.62. The molecule has 1 aliphatic heterocycles. The first-order chi connectivity index (χ1) is 7.24. The van der Waals surface area contributed by atoms with Crippen molar-refractivity contribution in [3.8, 4) is 5.75 Å². The quantitative estimate of drug-likeness (QED) is 0.670. The maximum atomic E-state index is 9.27. The monoisotopic (exact) mass is 205 g/mol. The van der Waals surface area contributed by atoms with Crippen LogP contribution in [0.15, 0.2) is 29.3 Å². The summed E-state index contributed by atoms with van der Waals surface area (Å²) in [5, 5.41) is 15.7. The first kappa shape index (κ1) is 9.83. The lowest BCUT2D eigenvalue weighted by molar-refractivity contribution is 0.474. The lowest BCUT2D eigenvalue weighted by atomic mass is 10.2. The molecular weight excluding hydrogens is 190 g/mol. The number of phenols is 1. The van der Waals surface area contributed by atoms with Gasteiger partial charge < -0.3 is 15.7 Å². The topological polar surface area (TPSA) is 56.7 Å². The summed E-state index contributed by atoms with van der Waals surface area (Å²) in [6.45, 7) is 3.59. The van der Waals surface area contributed by atoms with Crippen molar-refractivity contribution in [1.29, 1.82) is 0 Å². The van der Waals surface area contributed by atoms with E-state index < -0.39 is 0 Å². The molecule has 1 aromatic rings. The van der Waals surface area contributed by atoms with Gasteiger partial charge in [0.1, 0.15) is 5.75 Å². The van der Waals surface area contributed by atoms with Crippen molar-refractivity contribution in [2.45, 2.75) is 19.5 Å². The molecule has 80 valence electrons. The van der Waals surface area contributed by atoms with Crippen LogP contribution in [0.4, 0.5) is 0 Å². The van der Waals surface area contributed by atoms with Crippen molar-refractivity contribution < 1.29 is 5.11 Å². The van der Waals surface area contributed by atoms with Gasteiger partial charge in [-0.15, -0.1) is 0 Å². The molecule has 4 nitrogen and oxygen atoms in total. The Bertz CT molecular complexity index is 376. The molecule has 0 saturated carbocycles. The molecule has 0 fully saturated rings. The highest BCUT2D eigenvalue weighted by molar-refractivity contribution is 5.81. The van der Waals surface area contributed by atoms with E-state index in [9.17, 15) is 5.11 Å². The van der Waals surface area contributed by atoms with Crippen LogP contribution in [-0.2, 0) is 6.54 Å². The third-order valence-corrected chi connectivity index (χ3v) is 2.28. The molecule has 0 bridgehead atoms. The van der Waals surface area contributed by atoms with Crippen molar-refractivity contribution in [3.05, 3.63) is 29.8 Å². The van der Waals surface area contributed by atoms with Gasteiger partial charge in [0, 0.05) is 12.6 Å². The van der Waals surface area contributed by atoms with Gasteiger partial charge in [0.25, 0.3) is 0 Å². The average Bonchev–Trinajstić information content (AvgIpc) is 2.62. The molecule has 0 radical (unpaired) electrons. The first-order valence-corrected chi connectivity index (χ1v) is 5.07. The van der Waals surface area contributed by atoms with Crippen molar-refractivity contribution in [2.75, 3.05) is 6.54 Å². The second kappa shape index (κ2) is 4.21. The third-order valence-electron chi connectivity index (χ3n) is 2.28. The average molecular weight is 205 g/mol. The van der Waals surface area contributed by atoms with Gasteiger partial charge in [-0.05, 0) is 24.6 Å². The predicted molar refractivity (Wildman–Crippen MR) is 59.8 cm³/mol. The molecule has 0 spiro atoms. The molecule has 1 atom stereocenters. The van der Waals surface area contributed by atoms with E-state index in [1.165, 1.54) is 0 Å². The summed E-state index contributed by atoms with van der Waals surface area (Å²) in [6.07, 6.45) is 0. The van der Waals surface area contributed by atoms with E-state index in [0.717, 1.165) is 18.1 Å². The van der Waals surface area contributed by atoms with Crippen molar-refractivity contribution in [3.63, 3.8) is 0 Å². The summed E-state index contributed by atoms with van der Waals surface area (Å²) < 4.78 is 0. The van der Waals surface area contributed by atoms with E-state index in [1.807, 2.05) is 12.1 Å². The van der Waals surface area contributed by atoms with Crippen LogP contribution in [0.2, 0.25) is 0 Å². The number of aliphatic imine (C=N–C) groups is 1. The Morgan fingerprint density at radius 3 is 3.13 bits per heavy atom. The van der Waals surface area contributed by atoms with Crippen molar-refractivity contribution in [2.24, 2.45) is 4.99 Å². The number of guanidine groups is 1. The standard InChI is InChI=1S/C11H15N3O/c1-8-6-12-11(14-8)13-7-9-3-2-4-10(15)5-9/h2-5,8,15H,6-7H2,1H3,(H2,12,13,14). The van der Waals surface area contributed by atoms with Crippen LogP contribution in [0.1, 0.15) is 12.5 Å². The maximum Gasteiger partial charge on any atom is 0.191 e. The minimum atomic E-state index is 0.295. The predicted octanol–water partition coefficient (Wildman–Crippen LogP) is 0.829. The first-order valence-electron chi connectivity index (χ1n) is 5.07. The summed E-state index contributed by atoms with van der Waals surface area (Å²) in [7, 11) is 0. The second-order valence-electron chi connectivity index (χ2n) is 3.76. The maximum absolute atomic E-state index is 9.27. The zero-order chi connectivity index (χ0) is 10.7. The van der Waals surface area contributed by atoms with E-state index in [1.54, 1.807) is 12.1 Å². The Balaban J connectivity index is 1.88. The summed E-state index contributed by atoms with van der Waals surface area (Å²) in [5.74, 6) is 1.13. The van der Waals surface area contributed by atoms with Gasteiger partial charge in [-0.2, -0.15) is 0 Å².